The van der Waals surface area contributed by atoms with Crippen molar-refractivity contribution in [1.29, 1.82) is 0 Å². The van der Waals surface area contributed by atoms with Crippen molar-refractivity contribution in [2.24, 2.45) is 0 Å². The smallest absolute Gasteiger partial charge is 0.228 e. The number of nitrogens with one attached hydrogen (secondary N) is 3. The summed E-state index contributed by atoms with van der Waals surface area (Å²) in [6.45, 7) is 2.00. The SMILES string of the molecule is Cc1[nH]c2ccccc2c1CC(=O)Nc1ccc2cn[nH]c2c1. The zero-order chi connectivity index (χ0) is 15.8. The fraction of sp³-hybridized carbons (Fsp3) is 0.111. The third-order valence-electron chi connectivity index (χ3n) is 4.09. The van der Waals surface area contributed by atoms with Gasteiger partial charge in [-0.3, -0.25) is 9.89 Å². The van der Waals surface area contributed by atoms with Crippen LogP contribution in [0.1, 0.15) is 11.3 Å². The van der Waals surface area contributed by atoms with Crippen molar-refractivity contribution in [3.63, 3.8) is 0 Å². The Bertz CT molecular complexity index is 1010. The van der Waals surface area contributed by atoms with E-state index in [1.165, 1.54) is 0 Å². The average Bonchev–Trinajstić information content (AvgIpc) is 3.12. The third-order valence-corrected chi connectivity index (χ3v) is 4.09. The molecule has 1 amide bonds. The fourth-order valence-corrected chi connectivity index (χ4v) is 2.94. The maximum atomic E-state index is 12.4. The van der Waals surface area contributed by atoms with Gasteiger partial charge >= 0.3 is 0 Å². The molecule has 2 aromatic carbocycles. The highest BCUT2D eigenvalue weighted by Crippen LogP contribution is 2.23. The van der Waals surface area contributed by atoms with Crippen LogP contribution in [-0.2, 0) is 11.2 Å². The minimum absolute atomic E-state index is 0.0308. The van der Waals surface area contributed by atoms with Crippen LogP contribution in [0.5, 0.6) is 0 Å². The van der Waals surface area contributed by atoms with Gasteiger partial charge in [0, 0.05) is 27.7 Å². The summed E-state index contributed by atoms with van der Waals surface area (Å²) in [7, 11) is 0. The molecule has 0 unspecified atom stereocenters. The van der Waals surface area contributed by atoms with E-state index in [0.29, 0.717) is 6.42 Å². The number of para-hydroxylation sites is 1. The highest BCUT2D eigenvalue weighted by atomic mass is 16.1. The second kappa shape index (κ2) is 5.28. The molecule has 3 N–H and O–H groups in total. The van der Waals surface area contributed by atoms with E-state index in [0.717, 1.165) is 38.8 Å². The molecule has 0 radical (unpaired) electrons. The lowest BCUT2D eigenvalue weighted by Gasteiger charge is -2.06. The van der Waals surface area contributed by atoms with Gasteiger partial charge in [-0.2, -0.15) is 5.10 Å². The second-order valence-corrected chi connectivity index (χ2v) is 5.67. The van der Waals surface area contributed by atoms with Gasteiger partial charge in [0.1, 0.15) is 0 Å². The van der Waals surface area contributed by atoms with E-state index in [-0.39, 0.29) is 5.91 Å². The molecule has 0 saturated carbocycles. The van der Waals surface area contributed by atoms with Crippen LogP contribution in [0.4, 0.5) is 5.69 Å². The molecule has 4 rings (SSSR count). The van der Waals surface area contributed by atoms with Gasteiger partial charge in [-0.25, -0.2) is 0 Å². The van der Waals surface area contributed by atoms with Crippen molar-refractivity contribution in [3.8, 4) is 0 Å². The van der Waals surface area contributed by atoms with Gasteiger partial charge in [-0.05, 0) is 36.8 Å². The molecular weight excluding hydrogens is 288 g/mol. The van der Waals surface area contributed by atoms with Gasteiger partial charge in [0.25, 0.3) is 0 Å². The van der Waals surface area contributed by atoms with E-state index in [1.54, 1.807) is 6.20 Å². The summed E-state index contributed by atoms with van der Waals surface area (Å²) < 4.78 is 0. The first-order valence-electron chi connectivity index (χ1n) is 7.50. The summed E-state index contributed by atoms with van der Waals surface area (Å²) in [5, 5.41) is 12.0. The average molecular weight is 304 g/mol. The van der Waals surface area contributed by atoms with Crippen LogP contribution in [0.15, 0.2) is 48.7 Å². The number of amides is 1. The number of hydrogen-bond acceptors (Lipinski definition) is 2. The lowest BCUT2D eigenvalue weighted by molar-refractivity contribution is -0.115. The number of rotatable bonds is 3. The van der Waals surface area contributed by atoms with Crippen LogP contribution < -0.4 is 5.32 Å². The Morgan fingerprint density at radius 1 is 1.17 bits per heavy atom. The Morgan fingerprint density at radius 2 is 2.04 bits per heavy atom. The molecule has 0 bridgehead atoms. The number of aromatic amines is 2. The number of fused-ring (bicyclic) bond motifs is 2. The van der Waals surface area contributed by atoms with Gasteiger partial charge in [0.15, 0.2) is 0 Å². The van der Waals surface area contributed by atoms with Gasteiger partial charge < -0.3 is 10.3 Å². The molecule has 0 aliphatic heterocycles. The number of aryl methyl sites for hydroxylation is 1. The molecule has 4 aromatic rings. The lowest BCUT2D eigenvalue weighted by Crippen LogP contribution is -2.14. The van der Waals surface area contributed by atoms with Crippen LogP contribution >= 0.6 is 0 Å². The van der Waals surface area contributed by atoms with Crippen LogP contribution in [0.25, 0.3) is 21.8 Å². The number of anilines is 1. The monoisotopic (exact) mass is 304 g/mol. The molecule has 0 aliphatic rings. The topological polar surface area (TPSA) is 73.6 Å². The standard InChI is InChI=1S/C18H16N4O/c1-11-15(14-4-2-3-5-16(14)20-11)9-18(23)21-13-7-6-12-10-19-22-17(12)8-13/h2-8,10,20H,9H2,1H3,(H,19,22)(H,21,23). The van der Waals surface area contributed by atoms with Crippen molar-refractivity contribution in [3.05, 3.63) is 59.9 Å². The number of benzene rings is 2. The number of H-pyrrole nitrogens is 2. The maximum Gasteiger partial charge on any atom is 0.228 e. The molecule has 0 fully saturated rings. The molecule has 0 saturated heterocycles. The Hall–Kier alpha value is -3.08. The summed E-state index contributed by atoms with van der Waals surface area (Å²) in [5.74, 6) is -0.0308. The Kier molecular flexibility index (Phi) is 3.12. The molecular formula is C18H16N4O. The zero-order valence-electron chi connectivity index (χ0n) is 12.7. The lowest BCUT2D eigenvalue weighted by atomic mass is 10.1. The summed E-state index contributed by atoms with van der Waals surface area (Å²) in [6, 6.07) is 13.8. The minimum Gasteiger partial charge on any atom is -0.358 e. The summed E-state index contributed by atoms with van der Waals surface area (Å²) in [6.07, 6.45) is 2.10. The summed E-state index contributed by atoms with van der Waals surface area (Å²) in [5.41, 5.74) is 4.81. The highest BCUT2D eigenvalue weighted by Gasteiger charge is 2.12. The van der Waals surface area contributed by atoms with Crippen molar-refractivity contribution < 1.29 is 4.79 Å². The molecule has 114 valence electrons. The van der Waals surface area contributed by atoms with Crippen LogP contribution in [0, 0.1) is 6.92 Å². The molecule has 5 heteroatoms. The molecule has 2 heterocycles. The molecule has 0 spiro atoms. The quantitative estimate of drug-likeness (QED) is 0.541. The third kappa shape index (κ3) is 2.46. The van der Waals surface area contributed by atoms with E-state index in [1.807, 2.05) is 49.4 Å². The van der Waals surface area contributed by atoms with Gasteiger partial charge in [0.2, 0.25) is 5.91 Å². The largest absolute Gasteiger partial charge is 0.358 e. The summed E-state index contributed by atoms with van der Waals surface area (Å²) >= 11 is 0. The fourth-order valence-electron chi connectivity index (χ4n) is 2.94. The van der Waals surface area contributed by atoms with Crippen molar-refractivity contribution >= 4 is 33.4 Å². The van der Waals surface area contributed by atoms with E-state index < -0.39 is 0 Å². The highest BCUT2D eigenvalue weighted by molar-refractivity contribution is 5.97. The van der Waals surface area contributed by atoms with Crippen LogP contribution in [0.2, 0.25) is 0 Å². The number of carbonyl (C=O) groups is 1. The Morgan fingerprint density at radius 3 is 2.96 bits per heavy atom. The van der Waals surface area contributed by atoms with E-state index in [2.05, 4.69) is 20.5 Å². The molecule has 5 nitrogen and oxygen atoms in total. The van der Waals surface area contributed by atoms with Crippen LogP contribution in [0.3, 0.4) is 0 Å². The Labute approximate surface area is 132 Å². The van der Waals surface area contributed by atoms with Gasteiger partial charge in [0.05, 0.1) is 18.1 Å². The van der Waals surface area contributed by atoms with Crippen molar-refractivity contribution in [2.75, 3.05) is 5.32 Å². The number of hydrogen-bond donors (Lipinski definition) is 3. The van der Waals surface area contributed by atoms with Gasteiger partial charge in [-0.1, -0.05) is 18.2 Å². The number of aromatic nitrogens is 3. The Balaban J connectivity index is 1.58. The van der Waals surface area contributed by atoms with Crippen LogP contribution in [-0.4, -0.2) is 21.1 Å². The first kappa shape index (κ1) is 13.6. The molecule has 0 aliphatic carbocycles. The van der Waals surface area contributed by atoms with E-state index >= 15 is 0 Å². The predicted octanol–water partition coefficient (Wildman–Crippen LogP) is 3.53. The molecule has 0 atom stereocenters. The second-order valence-electron chi connectivity index (χ2n) is 5.67. The molecule has 2 aromatic heterocycles. The van der Waals surface area contributed by atoms with Crippen molar-refractivity contribution in [2.45, 2.75) is 13.3 Å². The zero-order valence-corrected chi connectivity index (χ0v) is 12.7. The van der Waals surface area contributed by atoms with E-state index in [4.69, 9.17) is 0 Å². The first-order chi connectivity index (χ1) is 11.2. The first-order valence-corrected chi connectivity index (χ1v) is 7.50. The molecule has 23 heavy (non-hydrogen) atoms. The van der Waals surface area contributed by atoms with E-state index in [9.17, 15) is 4.79 Å². The number of carbonyl (C=O) groups excluding carboxylic acids is 1. The van der Waals surface area contributed by atoms with Gasteiger partial charge in [-0.15, -0.1) is 0 Å². The predicted molar refractivity (Wildman–Crippen MR) is 91.5 cm³/mol. The summed E-state index contributed by atoms with van der Waals surface area (Å²) in [4.78, 5) is 15.7. The number of nitrogens with zero attached hydrogens (tertiary/aromatic N) is 1. The normalized spacial score (nSPS) is 11.2. The van der Waals surface area contributed by atoms with Crippen molar-refractivity contribution in [1.82, 2.24) is 15.2 Å². The maximum absolute atomic E-state index is 12.4. The minimum atomic E-state index is -0.0308.